The topological polar surface area (TPSA) is 53.7 Å². The highest BCUT2D eigenvalue weighted by Gasteiger charge is 2.24. The summed E-state index contributed by atoms with van der Waals surface area (Å²) < 4.78 is 5.55. The summed E-state index contributed by atoms with van der Waals surface area (Å²) in [4.78, 5) is 14.6. The molecule has 2 aromatic rings. The second-order valence-electron chi connectivity index (χ2n) is 7.57. The summed E-state index contributed by atoms with van der Waals surface area (Å²) in [5.74, 6) is 0.992. The van der Waals surface area contributed by atoms with E-state index < -0.39 is 0 Å². The SMILES string of the molecule is Cc1c(O)c(CN2CCCC(C)C2)cc2c3c(c(=O)oc12)CCC3. The maximum Gasteiger partial charge on any atom is 0.339 e. The van der Waals surface area contributed by atoms with Crippen LogP contribution >= 0.6 is 0 Å². The number of likely N-dealkylation sites (tertiary alicyclic amines) is 1. The van der Waals surface area contributed by atoms with Crippen molar-refractivity contribution in [2.75, 3.05) is 13.1 Å². The number of fused-ring (bicyclic) bond motifs is 3. The third-order valence-electron chi connectivity index (χ3n) is 5.68. The molecule has 0 radical (unpaired) electrons. The van der Waals surface area contributed by atoms with Gasteiger partial charge in [0.25, 0.3) is 0 Å². The molecule has 1 unspecified atom stereocenters. The predicted molar refractivity (Wildman–Crippen MR) is 94.6 cm³/mol. The number of benzene rings is 1. The Labute approximate surface area is 142 Å². The van der Waals surface area contributed by atoms with Crippen LogP contribution in [0.5, 0.6) is 5.75 Å². The molecule has 1 aromatic heterocycles. The Morgan fingerprint density at radius 2 is 2.08 bits per heavy atom. The number of nitrogens with zero attached hydrogens (tertiary/aromatic N) is 1. The van der Waals surface area contributed by atoms with Crippen molar-refractivity contribution < 1.29 is 9.52 Å². The Hall–Kier alpha value is -1.81. The zero-order valence-corrected chi connectivity index (χ0v) is 14.5. The number of phenols is 1. The number of hydrogen-bond acceptors (Lipinski definition) is 4. The first-order valence-corrected chi connectivity index (χ1v) is 9.07. The highest BCUT2D eigenvalue weighted by atomic mass is 16.4. The molecule has 2 aliphatic rings. The molecule has 1 saturated heterocycles. The van der Waals surface area contributed by atoms with Crippen LogP contribution in [0.3, 0.4) is 0 Å². The second kappa shape index (κ2) is 5.92. The third-order valence-corrected chi connectivity index (χ3v) is 5.68. The Morgan fingerprint density at radius 3 is 2.88 bits per heavy atom. The number of piperidine rings is 1. The molecule has 0 saturated carbocycles. The zero-order chi connectivity index (χ0) is 16.8. The maximum absolute atomic E-state index is 12.2. The van der Waals surface area contributed by atoms with E-state index in [2.05, 4.69) is 17.9 Å². The van der Waals surface area contributed by atoms with Gasteiger partial charge in [-0.25, -0.2) is 4.79 Å². The quantitative estimate of drug-likeness (QED) is 0.858. The summed E-state index contributed by atoms with van der Waals surface area (Å²) in [5.41, 5.74) is 3.96. The van der Waals surface area contributed by atoms with Crippen LogP contribution in [-0.2, 0) is 19.4 Å². The van der Waals surface area contributed by atoms with Crippen molar-refractivity contribution in [2.45, 2.75) is 52.5 Å². The van der Waals surface area contributed by atoms with E-state index in [4.69, 9.17) is 4.42 Å². The number of aromatic hydroxyl groups is 1. The smallest absolute Gasteiger partial charge is 0.339 e. The van der Waals surface area contributed by atoms with Crippen molar-refractivity contribution in [1.82, 2.24) is 4.90 Å². The molecule has 128 valence electrons. The molecule has 0 bridgehead atoms. The first kappa shape index (κ1) is 15.7. The lowest BCUT2D eigenvalue weighted by molar-refractivity contribution is 0.175. The first-order chi connectivity index (χ1) is 11.5. The Kier molecular flexibility index (Phi) is 3.87. The minimum atomic E-state index is -0.227. The van der Waals surface area contributed by atoms with Crippen LogP contribution in [0.4, 0.5) is 0 Å². The molecule has 24 heavy (non-hydrogen) atoms. The molecule has 4 rings (SSSR count). The highest BCUT2D eigenvalue weighted by Crippen LogP contribution is 2.36. The highest BCUT2D eigenvalue weighted by molar-refractivity contribution is 5.87. The average molecular weight is 327 g/mol. The van der Waals surface area contributed by atoms with Crippen LogP contribution in [0.25, 0.3) is 11.0 Å². The van der Waals surface area contributed by atoms with Gasteiger partial charge in [0, 0.05) is 35.2 Å². The molecule has 0 spiro atoms. The van der Waals surface area contributed by atoms with Crippen LogP contribution in [0, 0.1) is 12.8 Å². The van der Waals surface area contributed by atoms with Gasteiger partial charge in [-0.1, -0.05) is 6.92 Å². The Bertz CT molecular complexity index is 852. The summed E-state index contributed by atoms with van der Waals surface area (Å²) in [5, 5.41) is 11.7. The summed E-state index contributed by atoms with van der Waals surface area (Å²) in [6.45, 7) is 7.08. The van der Waals surface area contributed by atoms with Crippen molar-refractivity contribution >= 4 is 11.0 Å². The summed E-state index contributed by atoms with van der Waals surface area (Å²) in [6.07, 6.45) is 5.27. The van der Waals surface area contributed by atoms with E-state index in [1.165, 1.54) is 12.8 Å². The molecule has 1 aliphatic heterocycles. The molecule has 1 aliphatic carbocycles. The van der Waals surface area contributed by atoms with Gasteiger partial charge in [-0.2, -0.15) is 0 Å². The predicted octanol–water partition coefficient (Wildman–Crippen LogP) is 3.53. The molecule has 0 amide bonds. The molecular weight excluding hydrogens is 302 g/mol. The van der Waals surface area contributed by atoms with Crippen molar-refractivity contribution in [1.29, 1.82) is 0 Å². The molecule has 2 heterocycles. The van der Waals surface area contributed by atoms with Gasteiger partial charge in [-0.15, -0.1) is 0 Å². The van der Waals surface area contributed by atoms with Gasteiger partial charge in [-0.05, 0) is 63.1 Å². The van der Waals surface area contributed by atoms with E-state index in [0.717, 1.165) is 61.0 Å². The van der Waals surface area contributed by atoms with Crippen LogP contribution in [-0.4, -0.2) is 23.1 Å². The van der Waals surface area contributed by atoms with Crippen molar-refractivity contribution in [3.8, 4) is 5.75 Å². The molecule has 1 atom stereocenters. The molecule has 4 nitrogen and oxygen atoms in total. The first-order valence-electron chi connectivity index (χ1n) is 9.07. The van der Waals surface area contributed by atoms with E-state index >= 15 is 0 Å². The van der Waals surface area contributed by atoms with Crippen LogP contribution in [0.15, 0.2) is 15.3 Å². The van der Waals surface area contributed by atoms with E-state index in [1.807, 2.05) is 6.92 Å². The van der Waals surface area contributed by atoms with E-state index in [1.54, 1.807) is 0 Å². The van der Waals surface area contributed by atoms with Crippen LogP contribution in [0.1, 0.15) is 48.4 Å². The largest absolute Gasteiger partial charge is 0.507 e. The lowest BCUT2D eigenvalue weighted by Gasteiger charge is -2.31. The van der Waals surface area contributed by atoms with Gasteiger partial charge in [0.15, 0.2) is 0 Å². The number of phenolic OH excluding ortho intramolecular Hbond substituents is 1. The van der Waals surface area contributed by atoms with Gasteiger partial charge < -0.3 is 9.52 Å². The zero-order valence-electron chi connectivity index (χ0n) is 14.5. The monoisotopic (exact) mass is 327 g/mol. The summed E-state index contributed by atoms with van der Waals surface area (Å²) >= 11 is 0. The van der Waals surface area contributed by atoms with Gasteiger partial charge >= 0.3 is 5.63 Å². The maximum atomic E-state index is 12.2. The third kappa shape index (κ3) is 2.53. The van der Waals surface area contributed by atoms with Gasteiger partial charge in [0.1, 0.15) is 11.3 Å². The minimum Gasteiger partial charge on any atom is -0.507 e. The fraction of sp³-hybridized carbons (Fsp3) is 0.550. The number of aryl methyl sites for hydroxylation is 2. The lowest BCUT2D eigenvalue weighted by Crippen LogP contribution is -2.33. The lowest BCUT2D eigenvalue weighted by atomic mass is 9.97. The molecule has 4 heteroatoms. The van der Waals surface area contributed by atoms with E-state index in [-0.39, 0.29) is 11.4 Å². The van der Waals surface area contributed by atoms with Gasteiger partial charge in [0.05, 0.1) is 0 Å². The van der Waals surface area contributed by atoms with Crippen LogP contribution in [0.2, 0.25) is 0 Å². The van der Waals surface area contributed by atoms with Gasteiger partial charge in [-0.3, -0.25) is 4.90 Å². The number of rotatable bonds is 2. The fourth-order valence-electron chi connectivity index (χ4n) is 4.43. The molecular formula is C20H25NO3. The standard InChI is InChI=1S/C20H25NO3/c1-12-5-4-8-21(10-12)11-14-9-17-15-6-3-7-16(15)20(23)24-19(17)13(2)18(14)22/h9,12,22H,3-8,10-11H2,1-2H3. The van der Waals surface area contributed by atoms with Crippen molar-refractivity contribution in [3.63, 3.8) is 0 Å². The van der Waals surface area contributed by atoms with E-state index in [9.17, 15) is 9.90 Å². The fourth-order valence-corrected chi connectivity index (χ4v) is 4.43. The van der Waals surface area contributed by atoms with Gasteiger partial charge in [0.2, 0.25) is 0 Å². The van der Waals surface area contributed by atoms with Crippen molar-refractivity contribution in [3.05, 3.63) is 38.7 Å². The molecule has 1 fully saturated rings. The Morgan fingerprint density at radius 1 is 1.29 bits per heavy atom. The normalized spacial score (nSPS) is 21.3. The van der Waals surface area contributed by atoms with Crippen LogP contribution < -0.4 is 5.63 Å². The average Bonchev–Trinajstić information content (AvgIpc) is 3.04. The second-order valence-corrected chi connectivity index (χ2v) is 7.57. The Balaban J connectivity index is 1.80. The molecule has 1 N–H and O–H groups in total. The summed E-state index contributed by atoms with van der Waals surface area (Å²) in [7, 11) is 0. The van der Waals surface area contributed by atoms with Crippen molar-refractivity contribution in [2.24, 2.45) is 5.92 Å². The van der Waals surface area contributed by atoms with E-state index in [0.29, 0.717) is 17.1 Å². The number of hydrogen-bond donors (Lipinski definition) is 1. The molecule has 1 aromatic carbocycles. The summed E-state index contributed by atoms with van der Waals surface area (Å²) in [6, 6.07) is 2.06. The minimum absolute atomic E-state index is 0.227.